The lowest BCUT2D eigenvalue weighted by Crippen LogP contribution is -2.44. The van der Waals surface area contributed by atoms with Crippen LogP contribution < -0.4 is 10.6 Å². The maximum absolute atomic E-state index is 12.8. The number of carbonyl (C=O) groups excluding carboxylic acids is 1. The molecule has 0 atom stereocenters. The number of hydrogen-bond donors (Lipinski definition) is 3. The zero-order valence-corrected chi connectivity index (χ0v) is 20.2. The molecule has 0 saturated carbocycles. The van der Waals surface area contributed by atoms with E-state index in [4.69, 9.17) is 9.83 Å². The fraction of sp³-hybridized carbons (Fsp3) is 0.304. The molecule has 0 radical (unpaired) electrons. The summed E-state index contributed by atoms with van der Waals surface area (Å²) in [6.07, 6.45) is 8.28. The van der Waals surface area contributed by atoms with Crippen LogP contribution in [0.3, 0.4) is 0 Å². The Morgan fingerprint density at radius 1 is 1.24 bits per heavy atom. The Hall–Kier alpha value is -3.33. The number of likely N-dealkylation sites (tertiary alicyclic amines) is 1. The number of carbonyl (C=O) groups is 1. The molecular formula is C23H29B3N6O2. The van der Waals surface area contributed by atoms with E-state index in [9.17, 15) is 4.79 Å². The molecule has 0 bridgehead atoms. The van der Waals surface area contributed by atoms with Crippen LogP contribution in [0.1, 0.15) is 40.7 Å². The number of fused-ring (bicyclic) bond motifs is 1. The summed E-state index contributed by atoms with van der Waals surface area (Å²) in [5.74, 6) is 0.968. The summed E-state index contributed by atoms with van der Waals surface area (Å²) >= 11 is 0. The van der Waals surface area contributed by atoms with Crippen molar-refractivity contribution in [2.24, 2.45) is 0 Å². The quantitative estimate of drug-likeness (QED) is 0.352. The van der Waals surface area contributed by atoms with Crippen molar-refractivity contribution in [2.75, 3.05) is 25.5 Å². The summed E-state index contributed by atoms with van der Waals surface area (Å²) in [6, 6.07) is 7.74. The number of aromatic nitrogens is 2. The van der Waals surface area contributed by atoms with Gasteiger partial charge in [0.15, 0.2) is 11.6 Å². The lowest BCUT2D eigenvalue weighted by atomic mass is 9.49. The average Bonchev–Trinajstić information content (AvgIpc) is 3.29. The van der Waals surface area contributed by atoms with Crippen LogP contribution >= 0.6 is 0 Å². The number of nitrogens with one attached hydrogen (secondary N) is 3. The summed E-state index contributed by atoms with van der Waals surface area (Å²) in [7, 11) is 8.31. The van der Waals surface area contributed by atoms with Crippen LogP contribution in [0.15, 0.2) is 47.3 Å². The van der Waals surface area contributed by atoms with Crippen LogP contribution in [0.2, 0.25) is 0 Å². The Morgan fingerprint density at radius 3 is 2.71 bits per heavy atom. The van der Waals surface area contributed by atoms with Crippen LogP contribution in [0.5, 0.6) is 0 Å². The first-order valence-electron chi connectivity index (χ1n) is 11.6. The van der Waals surface area contributed by atoms with Crippen molar-refractivity contribution in [3.63, 3.8) is 0 Å². The van der Waals surface area contributed by atoms with Gasteiger partial charge >= 0.3 is 0 Å². The number of anilines is 1. The van der Waals surface area contributed by atoms with Crippen molar-refractivity contribution in [3.8, 4) is 0 Å². The Bertz CT molecular complexity index is 1230. The van der Waals surface area contributed by atoms with Gasteiger partial charge in [-0.15, -0.1) is 0 Å². The van der Waals surface area contributed by atoms with Crippen LogP contribution in [0, 0.1) is 5.41 Å². The number of amides is 1. The molecule has 1 aliphatic heterocycles. The molecular weight excluding hydrogens is 425 g/mol. The Kier molecular flexibility index (Phi) is 6.93. The zero-order valence-electron chi connectivity index (χ0n) is 20.2. The number of allylic oxidation sites excluding steroid dienone is 1. The van der Waals surface area contributed by atoms with Crippen LogP contribution in [-0.2, 0) is 0 Å². The van der Waals surface area contributed by atoms with Gasteiger partial charge in [0, 0.05) is 35.5 Å². The maximum Gasteiger partial charge on any atom is 0.278 e. The first-order chi connectivity index (χ1) is 16.2. The molecule has 0 unspecified atom stereocenters. The molecule has 1 amide bonds. The first kappa shape index (κ1) is 23.8. The molecule has 11 heteroatoms. The molecule has 1 saturated heterocycles. The van der Waals surface area contributed by atoms with E-state index in [2.05, 4.69) is 56.1 Å². The van der Waals surface area contributed by atoms with Gasteiger partial charge in [-0.3, -0.25) is 4.79 Å². The molecule has 1 fully saturated rings. The topological polar surface area (TPSA) is 107 Å². The summed E-state index contributed by atoms with van der Waals surface area (Å²) in [5, 5.41) is 15.7. The second-order valence-corrected chi connectivity index (χ2v) is 9.87. The van der Waals surface area contributed by atoms with Crippen molar-refractivity contribution in [1.82, 2.24) is 20.2 Å². The van der Waals surface area contributed by atoms with Crippen molar-refractivity contribution in [3.05, 3.63) is 60.1 Å². The van der Waals surface area contributed by atoms with Crippen molar-refractivity contribution >= 4 is 57.8 Å². The molecule has 4 rings (SSSR count). The third-order valence-electron chi connectivity index (χ3n) is 5.94. The average molecular weight is 454 g/mol. The number of benzene rings is 1. The second kappa shape index (κ2) is 9.89. The summed E-state index contributed by atoms with van der Waals surface area (Å²) in [5.41, 5.74) is 1.93. The number of piperidine rings is 1. The van der Waals surface area contributed by atoms with E-state index in [0.717, 1.165) is 47.8 Å². The van der Waals surface area contributed by atoms with Crippen molar-refractivity contribution < 1.29 is 9.21 Å². The highest BCUT2D eigenvalue weighted by molar-refractivity contribution is 6.59. The molecule has 3 heterocycles. The number of pyridine rings is 1. The van der Waals surface area contributed by atoms with Gasteiger partial charge in [0.1, 0.15) is 35.6 Å². The molecule has 3 aromatic rings. The third kappa shape index (κ3) is 5.77. The van der Waals surface area contributed by atoms with E-state index < -0.39 is 0 Å². The largest absolute Gasteiger partial charge is 0.448 e. The van der Waals surface area contributed by atoms with Gasteiger partial charge in [0.2, 0.25) is 0 Å². The minimum Gasteiger partial charge on any atom is -0.448 e. The van der Waals surface area contributed by atoms with Gasteiger partial charge in [-0.05, 0) is 56.1 Å². The lowest BCUT2D eigenvalue weighted by Gasteiger charge is -2.26. The van der Waals surface area contributed by atoms with Crippen LogP contribution in [-0.4, -0.2) is 75.9 Å². The molecule has 0 spiro atoms. The highest BCUT2D eigenvalue weighted by Gasteiger charge is 2.24. The number of hydrogen-bond acceptors (Lipinski definition) is 7. The standard InChI is InChI=1S/C23H29B3N6O2/c1-32-6-4-14(5-7-32)22-30-19(13-34-22)21(33)31-20-9-17-8-15(2-3-16(17)11-28-20)18(10-27)12-29-23(24,25)26/h2-3,8-14,27,29H,4-7,24-26H2,1H3,(H,28,31,33)/b18-12+,27-10?. The fourth-order valence-electron chi connectivity index (χ4n) is 3.91. The molecule has 8 nitrogen and oxygen atoms in total. The van der Waals surface area contributed by atoms with E-state index in [1.807, 2.05) is 30.5 Å². The maximum atomic E-state index is 12.8. The predicted octanol–water partition coefficient (Wildman–Crippen LogP) is 0.375. The SMILES string of the molecule is BC(B)(B)N/C=C(\C=N)c1ccc2cnc(NC(=O)c3coc(C4CCN(C)CC4)n3)cc2c1. The van der Waals surface area contributed by atoms with Gasteiger partial charge in [0.25, 0.3) is 5.91 Å². The van der Waals surface area contributed by atoms with E-state index >= 15 is 0 Å². The fourth-order valence-corrected chi connectivity index (χ4v) is 3.91. The number of nitrogens with zero attached hydrogens (tertiary/aromatic N) is 3. The first-order valence-corrected chi connectivity index (χ1v) is 11.6. The van der Waals surface area contributed by atoms with Crippen molar-refractivity contribution in [1.29, 1.82) is 5.41 Å². The van der Waals surface area contributed by atoms with Gasteiger partial charge in [-0.2, -0.15) is 0 Å². The van der Waals surface area contributed by atoms with Crippen LogP contribution in [0.25, 0.3) is 16.3 Å². The molecule has 0 aliphatic carbocycles. The van der Waals surface area contributed by atoms with Gasteiger partial charge in [-0.25, -0.2) is 9.97 Å². The Morgan fingerprint density at radius 2 is 2.00 bits per heavy atom. The monoisotopic (exact) mass is 454 g/mol. The van der Waals surface area contributed by atoms with E-state index in [1.165, 1.54) is 12.5 Å². The van der Waals surface area contributed by atoms with E-state index in [1.54, 1.807) is 6.20 Å². The predicted molar refractivity (Wildman–Crippen MR) is 144 cm³/mol. The molecule has 34 heavy (non-hydrogen) atoms. The summed E-state index contributed by atoms with van der Waals surface area (Å²) in [6.45, 7) is 2.00. The highest BCUT2D eigenvalue weighted by atomic mass is 16.3. The van der Waals surface area contributed by atoms with Gasteiger partial charge < -0.3 is 25.4 Å². The lowest BCUT2D eigenvalue weighted by molar-refractivity contribution is 0.102. The molecule has 172 valence electrons. The van der Waals surface area contributed by atoms with Gasteiger partial charge in [0.05, 0.1) is 0 Å². The number of oxazole rings is 1. The third-order valence-corrected chi connectivity index (χ3v) is 5.94. The number of rotatable bonds is 7. The highest BCUT2D eigenvalue weighted by Crippen LogP contribution is 2.27. The second-order valence-electron chi connectivity index (χ2n) is 9.87. The summed E-state index contributed by atoms with van der Waals surface area (Å²) in [4.78, 5) is 23.9. The summed E-state index contributed by atoms with van der Waals surface area (Å²) < 4.78 is 5.63. The minimum atomic E-state index is -0.347. The van der Waals surface area contributed by atoms with Gasteiger partial charge in [-0.1, -0.05) is 17.4 Å². The van der Waals surface area contributed by atoms with E-state index in [0.29, 0.717) is 11.7 Å². The Balaban J connectivity index is 1.50. The molecule has 3 N–H and O–H groups in total. The molecule has 1 aliphatic rings. The van der Waals surface area contributed by atoms with E-state index in [-0.39, 0.29) is 22.8 Å². The van der Waals surface area contributed by atoms with Crippen molar-refractivity contribution in [2.45, 2.75) is 24.0 Å². The molecule has 1 aromatic carbocycles. The molecule has 2 aromatic heterocycles. The normalized spacial score (nSPS) is 15.9. The smallest absolute Gasteiger partial charge is 0.278 e. The zero-order chi connectivity index (χ0) is 24.3. The van der Waals surface area contributed by atoms with Crippen LogP contribution in [0.4, 0.5) is 5.82 Å². The minimum absolute atomic E-state index is 0.0964. The Labute approximate surface area is 202 Å².